The van der Waals surface area contributed by atoms with E-state index >= 15 is 0 Å². The van der Waals surface area contributed by atoms with Crippen molar-refractivity contribution in [3.63, 3.8) is 0 Å². The molecule has 12 nitrogen and oxygen atoms in total. The van der Waals surface area contributed by atoms with Gasteiger partial charge in [0.1, 0.15) is 6.04 Å². The predicted octanol–water partition coefficient (Wildman–Crippen LogP) is 12.1. The highest BCUT2D eigenvalue weighted by atomic mass is 16.4. The molecule has 82 heavy (non-hydrogen) atoms. The summed E-state index contributed by atoms with van der Waals surface area (Å²) >= 11 is 0. The van der Waals surface area contributed by atoms with Crippen molar-refractivity contribution in [2.75, 3.05) is 84.1 Å². The molecule has 10 rings (SSSR count). The van der Waals surface area contributed by atoms with Crippen LogP contribution in [-0.4, -0.2) is 116 Å². The van der Waals surface area contributed by atoms with Crippen LogP contribution in [0.25, 0.3) is 0 Å². The van der Waals surface area contributed by atoms with Gasteiger partial charge in [0.05, 0.1) is 6.04 Å². The number of nitrogens with zero attached hydrogens (tertiary/aromatic N) is 4. The molecule has 3 saturated heterocycles. The topological polar surface area (TPSA) is 141 Å². The van der Waals surface area contributed by atoms with Crippen LogP contribution in [0, 0.1) is 0 Å². The second kappa shape index (κ2) is 30.2. The molecule has 0 bridgehead atoms. The summed E-state index contributed by atoms with van der Waals surface area (Å²) in [6.07, 6.45) is 0.933. The van der Waals surface area contributed by atoms with Gasteiger partial charge in [0.2, 0.25) is 5.91 Å². The van der Waals surface area contributed by atoms with Crippen molar-refractivity contribution in [2.24, 2.45) is 5.84 Å². The van der Waals surface area contributed by atoms with E-state index in [4.69, 9.17) is 5.84 Å². The molecule has 7 N–H and O–H groups in total. The fourth-order valence-electron chi connectivity index (χ4n) is 10.6. The lowest BCUT2D eigenvalue weighted by atomic mass is 9.85. The van der Waals surface area contributed by atoms with Crippen LogP contribution in [0.4, 0.5) is 11.4 Å². The minimum Gasteiger partial charge on any atom is -0.479 e. The van der Waals surface area contributed by atoms with Crippen LogP contribution in [0.3, 0.4) is 0 Å². The number of nitrogens with two attached hydrogens (primary N) is 1. The maximum Gasteiger partial charge on any atom is 0.330 e. The van der Waals surface area contributed by atoms with Crippen molar-refractivity contribution in [3.8, 4) is 0 Å². The molecule has 3 aliphatic rings. The number of piperidine rings is 1. The first kappa shape index (κ1) is 62.4. The SMILES string of the molecule is CC(C)(C)c1ccc(C(Nc2ccccc2)C(=O)O)cc1.CN1CCC(NC(=O)[C@@H](Nc2ccccc2)c2ccc(C(C)(C)C)cc2)[C@H](c2ccccc2)C1.CN1CCN(N)C(c2ccccc2)C1.CN1CCNC(c2ccccc2)C1. The van der Waals surface area contributed by atoms with Gasteiger partial charge in [-0.15, -0.1) is 0 Å². The Balaban J connectivity index is 0.000000171. The van der Waals surface area contributed by atoms with Crippen LogP contribution in [0.15, 0.2) is 200 Å². The standard InChI is InChI=1S/C30H37N3O.C18H21NO2.C11H17N3.C11H16N2/c1-30(2,3)24-17-15-23(16-18-24)28(31-25-13-9-6-10-14-25)29(34)32-27-19-20-33(4)21-26(27)22-11-7-5-8-12-22;1-18(2,3)14-11-9-13(10-12-14)16(17(20)21)19-15-7-5-4-6-8-15;1-13-7-8-14(12)11(9-13)10-5-3-2-4-6-10;1-13-8-7-12-11(9-13)10-5-3-2-4-6-10/h5-18,26-28,31H,19-21H2,1-4H3,(H,32,34);4-12,16,19H,1-3H3,(H,20,21);2-6,11H,7-9,12H2,1H3;2-6,11-12H,7-9H2,1H3/t26-,27?,28-;;;/m0.../s1. The number of carboxylic acid groups (broad SMARTS) is 1. The first-order valence-corrected chi connectivity index (χ1v) is 29.1. The summed E-state index contributed by atoms with van der Waals surface area (Å²) in [5.41, 5.74) is 10.0. The molecule has 434 valence electrons. The molecular formula is C70H91N9O3. The Morgan fingerprint density at radius 2 is 0.939 bits per heavy atom. The number of amides is 1. The van der Waals surface area contributed by atoms with Crippen LogP contribution in [0.1, 0.15) is 117 Å². The molecule has 3 aliphatic heterocycles. The zero-order chi connectivity index (χ0) is 58.7. The molecule has 0 saturated carbocycles. The number of aliphatic carboxylic acids is 1. The van der Waals surface area contributed by atoms with Crippen molar-refractivity contribution < 1.29 is 14.7 Å². The maximum atomic E-state index is 13.8. The van der Waals surface area contributed by atoms with Crippen molar-refractivity contribution in [3.05, 3.63) is 239 Å². The number of para-hydroxylation sites is 2. The number of hydrazine groups is 1. The molecule has 1 amide bonds. The van der Waals surface area contributed by atoms with E-state index in [0.29, 0.717) is 12.1 Å². The van der Waals surface area contributed by atoms with E-state index < -0.39 is 18.1 Å². The zero-order valence-corrected chi connectivity index (χ0v) is 50.0. The third-order valence-electron chi connectivity index (χ3n) is 15.7. The van der Waals surface area contributed by atoms with Gasteiger partial charge in [0.25, 0.3) is 0 Å². The molecule has 7 aromatic carbocycles. The van der Waals surface area contributed by atoms with E-state index in [9.17, 15) is 14.7 Å². The lowest BCUT2D eigenvalue weighted by Gasteiger charge is -2.38. The minimum absolute atomic E-state index is 0.0165. The Labute approximate surface area is 490 Å². The minimum atomic E-state index is -0.887. The normalized spacial score (nSPS) is 19.7. The lowest BCUT2D eigenvalue weighted by Crippen LogP contribution is -2.50. The highest BCUT2D eigenvalue weighted by Gasteiger charge is 2.33. The van der Waals surface area contributed by atoms with Crippen LogP contribution in [0.5, 0.6) is 0 Å². The van der Waals surface area contributed by atoms with Crippen molar-refractivity contribution in [1.82, 2.24) is 30.3 Å². The van der Waals surface area contributed by atoms with E-state index in [1.807, 2.05) is 102 Å². The van der Waals surface area contributed by atoms with E-state index in [0.717, 1.165) is 81.3 Å². The van der Waals surface area contributed by atoms with E-state index in [2.05, 4.69) is 202 Å². The third-order valence-corrected chi connectivity index (χ3v) is 15.7. The molecule has 12 heteroatoms. The van der Waals surface area contributed by atoms with Crippen LogP contribution in [0.2, 0.25) is 0 Å². The van der Waals surface area contributed by atoms with Crippen molar-refractivity contribution in [1.29, 1.82) is 0 Å². The number of piperazine rings is 2. The molecule has 4 unspecified atom stereocenters. The molecule has 0 aromatic heterocycles. The first-order chi connectivity index (χ1) is 39.3. The van der Waals surface area contributed by atoms with E-state index in [1.54, 1.807) is 0 Å². The van der Waals surface area contributed by atoms with Crippen LogP contribution in [-0.2, 0) is 20.4 Å². The Morgan fingerprint density at radius 1 is 0.512 bits per heavy atom. The monoisotopic (exact) mass is 1110 g/mol. The summed E-state index contributed by atoms with van der Waals surface area (Å²) in [5.74, 6) is 5.38. The van der Waals surface area contributed by atoms with Gasteiger partial charge in [-0.3, -0.25) is 10.6 Å². The van der Waals surface area contributed by atoms with Crippen LogP contribution < -0.4 is 27.1 Å². The quantitative estimate of drug-likeness (QED) is 0.0652. The Morgan fingerprint density at radius 3 is 1.41 bits per heavy atom. The molecule has 3 fully saturated rings. The molecule has 0 aliphatic carbocycles. The van der Waals surface area contributed by atoms with E-state index in [1.165, 1.54) is 27.8 Å². The molecular weight excluding hydrogens is 1010 g/mol. The number of anilines is 2. The second-order valence-electron chi connectivity index (χ2n) is 24.3. The fourth-order valence-corrected chi connectivity index (χ4v) is 10.6. The fraction of sp³-hybridized carbons (Fsp3) is 0.371. The molecule has 7 aromatic rings. The number of hydrogen-bond acceptors (Lipinski definition) is 10. The smallest absolute Gasteiger partial charge is 0.330 e. The molecule has 0 radical (unpaired) electrons. The number of carbonyl (C=O) groups excluding carboxylic acids is 1. The summed E-state index contributed by atoms with van der Waals surface area (Å²) in [6, 6.07) is 67.0. The van der Waals surface area contributed by atoms with Gasteiger partial charge in [-0.1, -0.05) is 217 Å². The number of rotatable bonds is 12. The molecule has 3 heterocycles. The number of likely N-dealkylation sites (N-methyl/N-ethyl adjacent to an activating group) is 3. The molecule has 0 spiro atoms. The van der Waals surface area contributed by atoms with Gasteiger partial charge in [-0.25, -0.2) is 9.80 Å². The maximum absolute atomic E-state index is 13.8. The Hall–Kier alpha value is -7.16. The molecule has 6 atom stereocenters. The number of nitrogens with one attached hydrogen (secondary N) is 4. The van der Waals surface area contributed by atoms with Gasteiger partial charge in [0, 0.05) is 75.2 Å². The summed E-state index contributed by atoms with van der Waals surface area (Å²) in [7, 11) is 6.48. The zero-order valence-electron chi connectivity index (χ0n) is 50.0. The number of likely N-dealkylation sites (tertiary alicyclic amines) is 1. The number of carbonyl (C=O) groups is 2. The number of hydrogen-bond donors (Lipinski definition) is 6. The third kappa shape index (κ3) is 19.0. The van der Waals surface area contributed by atoms with Gasteiger partial charge >= 0.3 is 5.97 Å². The highest BCUT2D eigenvalue weighted by molar-refractivity contribution is 5.86. The highest BCUT2D eigenvalue weighted by Crippen LogP contribution is 2.31. The van der Waals surface area contributed by atoms with Gasteiger partial charge in [0.15, 0.2) is 6.04 Å². The average molecular weight is 1110 g/mol. The van der Waals surface area contributed by atoms with Crippen molar-refractivity contribution >= 4 is 23.3 Å². The van der Waals surface area contributed by atoms with Gasteiger partial charge < -0.3 is 41.1 Å². The summed E-state index contributed by atoms with van der Waals surface area (Å²) in [6.45, 7) is 21.3. The Bertz CT molecular complexity index is 2960. The van der Waals surface area contributed by atoms with E-state index in [-0.39, 0.29) is 28.7 Å². The predicted molar refractivity (Wildman–Crippen MR) is 339 cm³/mol. The summed E-state index contributed by atoms with van der Waals surface area (Å²) in [4.78, 5) is 32.3. The average Bonchev–Trinajstić information content (AvgIpc) is 3.69. The van der Waals surface area contributed by atoms with Gasteiger partial charge in [-0.05, 0) is 108 Å². The van der Waals surface area contributed by atoms with Crippen LogP contribution >= 0.6 is 0 Å². The first-order valence-electron chi connectivity index (χ1n) is 29.1. The van der Waals surface area contributed by atoms with Crippen molar-refractivity contribution in [2.45, 2.75) is 94.9 Å². The number of carboxylic acids is 1. The Kier molecular flexibility index (Phi) is 23.0. The van der Waals surface area contributed by atoms with Gasteiger partial charge in [-0.2, -0.15) is 0 Å². The lowest BCUT2D eigenvalue weighted by molar-refractivity contribution is -0.138. The summed E-state index contributed by atoms with van der Waals surface area (Å²) < 4.78 is 0. The summed E-state index contributed by atoms with van der Waals surface area (Å²) in [5, 5.41) is 24.9. The second-order valence-corrected chi connectivity index (χ2v) is 24.3. The number of benzene rings is 7. The largest absolute Gasteiger partial charge is 0.479 e.